The van der Waals surface area contributed by atoms with Crippen molar-refractivity contribution in [3.8, 4) is 0 Å². The molecule has 2 atom stereocenters. The number of carboxylic acids is 1. The maximum absolute atomic E-state index is 12.7. The van der Waals surface area contributed by atoms with Crippen molar-refractivity contribution in [3.05, 3.63) is 0 Å². The van der Waals surface area contributed by atoms with Gasteiger partial charge >= 0.3 is 12.0 Å². The highest BCUT2D eigenvalue weighted by atomic mass is 32.2. The van der Waals surface area contributed by atoms with Gasteiger partial charge < -0.3 is 10.4 Å². The van der Waals surface area contributed by atoms with Crippen LogP contribution >= 0.6 is 11.8 Å². The molecule has 122 valence electrons. The molecule has 2 amide bonds. The van der Waals surface area contributed by atoms with Gasteiger partial charge in [0.25, 0.3) is 0 Å². The smallest absolute Gasteiger partial charge is 0.327 e. The fourth-order valence-corrected chi connectivity index (χ4v) is 4.27. The normalized spacial score (nSPS) is 22.7. The highest BCUT2D eigenvalue weighted by Gasteiger charge is 2.44. The van der Waals surface area contributed by atoms with Crippen molar-refractivity contribution >= 4 is 23.8 Å². The van der Waals surface area contributed by atoms with Gasteiger partial charge in [-0.3, -0.25) is 4.90 Å². The van der Waals surface area contributed by atoms with Gasteiger partial charge in [-0.2, -0.15) is 0 Å². The average Bonchev–Trinajstić information content (AvgIpc) is 2.90. The third kappa shape index (κ3) is 3.84. The number of urea groups is 1. The van der Waals surface area contributed by atoms with Gasteiger partial charge in [0.15, 0.2) is 0 Å². The minimum absolute atomic E-state index is 0.0747. The number of carbonyl (C=O) groups is 2. The number of nitrogens with zero attached hydrogens (tertiary/aromatic N) is 1. The Balaban J connectivity index is 2.96. The molecule has 0 aromatic rings. The van der Waals surface area contributed by atoms with Crippen LogP contribution in [0.15, 0.2) is 0 Å². The van der Waals surface area contributed by atoms with Crippen LogP contribution in [0.4, 0.5) is 4.79 Å². The summed E-state index contributed by atoms with van der Waals surface area (Å²) < 4.78 is 0. The van der Waals surface area contributed by atoms with Crippen LogP contribution in [0.3, 0.4) is 0 Å². The largest absolute Gasteiger partial charge is 0.480 e. The zero-order chi connectivity index (χ0) is 16.2. The molecule has 0 bridgehead atoms. The van der Waals surface area contributed by atoms with E-state index in [1.807, 2.05) is 13.8 Å². The van der Waals surface area contributed by atoms with Crippen LogP contribution in [0.1, 0.15) is 53.9 Å². The molecule has 0 aromatic carbocycles. The van der Waals surface area contributed by atoms with E-state index in [2.05, 4.69) is 26.1 Å². The molecule has 0 radical (unpaired) electrons. The minimum atomic E-state index is -0.920. The molecular formula is C15H28N2O3S. The van der Waals surface area contributed by atoms with E-state index in [0.29, 0.717) is 5.75 Å². The van der Waals surface area contributed by atoms with Crippen molar-refractivity contribution in [1.82, 2.24) is 10.2 Å². The first-order valence-corrected chi connectivity index (χ1v) is 8.81. The van der Waals surface area contributed by atoms with Crippen LogP contribution in [0, 0.1) is 5.92 Å². The predicted molar refractivity (Wildman–Crippen MR) is 86.5 cm³/mol. The quantitative estimate of drug-likeness (QED) is 0.790. The minimum Gasteiger partial charge on any atom is -0.480 e. The fourth-order valence-electron chi connectivity index (χ4n) is 2.80. The van der Waals surface area contributed by atoms with Crippen molar-refractivity contribution in [3.63, 3.8) is 0 Å². The first-order valence-electron chi connectivity index (χ1n) is 7.76. The molecular weight excluding hydrogens is 288 g/mol. The van der Waals surface area contributed by atoms with Crippen molar-refractivity contribution < 1.29 is 14.7 Å². The Bertz CT molecular complexity index is 375. The summed E-state index contributed by atoms with van der Waals surface area (Å²) in [5, 5.41) is 12.4. The highest BCUT2D eigenvalue weighted by molar-refractivity contribution is 8.00. The average molecular weight is 316 g/mol. The number of hydrogen-bond donors (Lipinski definition) is 2. The summed E-state index contributed by atoms with van der Waals surface area (Å²) in [4.78, 5) is 25.7. The van der Waals surface area contributed by atoms with Gasteiger partial charge in [-0.15, -0.1) is 11.8 Å². The Hall–Kier alpha value is -0.910. The van der Waals surface area contributed by atoms with E-state index >= 15 is 0 Å². The van der Waals surface area contributed by atoms with E-state index in [1.165, 1.54) is 4.90 Å². The standard InChI is InChI=1S/C15H28N2O3S/c1-6-15(7-2,8-3)16-14(20)17-11(13(18)19)9-21-12(17)10(4)5/h10-12H,6-9H2,1-5H3,(H,16,20)(H,18,19). The van der Waals surface area contributed by atoms with Crippen molar-refractivity contribution in [1.29, 1.82) is 0 Å². The number of hydrogen-bond acceptors (Lipinski definition) is 3. The van der Waals surface area contributed by atoms with Crippen molar-refractivity contribution in [2.24, 2.45) is 5.92 Å². The van der Waals surface area contributed by atoms with Gasteiger partial charge in [-0.05, 0) is 25.2 Å². The van der Waals surface area contributed by atoms with Crippen LogP contribution < -0.4 is 5.32 Å². The molecule has 5 nitrogen and oxygen atoms in total. The lowest BCUT2D eigenvalue weighted by atomic mass is 9.90. The topological polar surface area (TPSA) is 69.6 Å². The molecule has 1 aliphatic heterocycles. The van der Waals surface area contributed by atoms with Crippen LogP contribution in [-0.4, -0.2) is 44.7 Å². The monoisotopic (exact) mass is 316 g/mol. The zero-order valence-electron chi connectivity index (χ0n) is 13.7. The van der Waals surface area contributed by atoms with Gasteiger partial charge in [-0.25, -0.2) is 9.59 Å². The van der Waals surface area contributed by atoms with Gasteiger partial charge in [0.1, 0.15) is 6.04 Å². The molecule has 0 saturated carbocycles. The lowest BCUT2D eigenvalue weighted by molar-refractivity contribution is -0.141. The van der Waals surface area contributed by atoms with E-state index < -0.39 is 12.0 Å². The van der Waals surface area contributed by atoms with Crippen molar-refractivity contribution in [2.45, 2.75) is 70.8 Å². The third-order valence-electron chi connectivity index (χ3n) is 4.53. The number of nitrogens with one attached hydrogen (secondary N) is 1. The van der Waals surface area contributed by atoms with Crippen molar-refractivity contribution in [2.75, 3.05) is 5.75 Å². The lowest BCUT2D eigenvalue weighted by Crippen LogP contribution is -2.57. The fraction of sp³-hybridized carbons (Fsp3) is 0.867. The summed E-state index contributed by atoms with van der Waals surface area (Å²) in [7, 11) is 0. The number of amides is 2. The second-order valence-electron chi connectivity index (χ2n) is 6.00. The lowest BCUT2D eigenvalue weighted by Gasteiger charge is -2.37. The molecule has 0 aromatic heterocycles. The molecule has 2 N–H and O–H groups in total. The van der Waals surface area contributed by atoms with Gasteiger partial charge in [-0.1, -0.05) is 34.6 Å². The number of carboxylic acid groups (broad SMARTS) is 1. The van der Waals surface area contributed by atoms with E-state index in [9.17, 15) is 14.7 Å². The van der Waals surface area contributed by atoms with Crippen LogP contribution in [0.25, 0.3) is 0 Å². The summed E-state index contributed by atoms with van der Waals surface area (Å²) in [5.74, 6) is -0.233. The maximum atomic E-state index is 12.7. The Morgan fingerprint density at radius 3 is 2.19 bits per heavy atom. The SMILES string of the molecule is CCC(CC)(CC)NC(=O)N1C(C(=O)O)CSC1C(C)C. The third-order valence-corrected chi connectivity index (χ3v) is 6.15. The first-order chi connectivity index (χ1) is 9.81. The van der Waals surface area contributed by atoms with E-state index in [1.54, 1.807) is 11.8 Å². The van der Waals surface area contributed by atoms with E-state index in [0.717, 1.165) is 19.3 Å². The summed E-state index contributed by atoms with van der Waals surface area (Å²) >= 11 is 1.56. The highest BCUT2D eigenvalue weighted by Crippen LogP contribution is 2.34. The number of carbonyl (C=O) groups excluding carboxylic acids is 1. The number of aliphatic carboxylic acids is 1. The Labute approximate surface area is 131 Å². The second-order valence-corrected chi connectivity index (χ2v) is 7.15. The molecule has 1 aliphatic rings. The second kappa shape index (κ2) is 7.38. The van der Waals surface area contributed by atoms with E-state index in [-0.39, 0.29) is 22.9 Å². The van der Waals surface area contributed by atoms with Crippen LogP contribution in [0.2, 0.25) is 0 Å². The molecule has 0 aliphatic carbocycles. The Morgan fingerprint density at radius 2 is 1.81 bits per heavy atom. The summed E-state index contributed by atoms with van der Waals surface area (Å²) in [6, 6.07) is -0.970. The first kappa shape index (κ1) is 18.1. The van der Waals surface area contributed by atoms with Gasteiger partial charge in [0.05, 0.1) is 5.37 Å². The van der Waals surface area contributed by atoms with Crippen LogP contribution in [0.5, 0.6) is 0 Å². The van der Waals surface area contributed by atoms with Crippen LogP contribution in [-0.2, 0) is 4.79 Å². The zero-order valence-corrected chi connectivity index (χ0v) is 14.5. The molecule has 21 heavy (non-hydrogen) atoms. The molecule has 2 unspecified atom stereocenters. The molecule has 1 heterocycles. The molecule has 1 fully saturated rings. The maximum Gasteiger partial charge on any atom is 0.327 e. The number of rotatable bonds is 6. The molecule has 1 saturated heterocycles. The summed E-state index contributed by atoms with van der Waals surface area (Å²) in [5.41, 5.74) is -0.241. The van der Waals surface area contributed by atoms with Gasteiger partial charge in [0.2, 0.25) is 0 Å². The predicted octanol–water partition coefficient (Wildman–Crippen LogP) is 3.15. The van der Waals surface area contributed by atoms with E-state index in [4.69, 9.17) is 0 Å². The Kier molecular flexibility index (Phi) is 6.38. The number of thioether (sulfide) groups is 1. The molecule has 0 spiro atoms. The molecule has 6 heteroatoms. The van der Waals surface area contributed by atoms with Gasteiger partial charge in [0, 0.05) is 11.3 Å². The summed E-state index contributed by atoms with van der Waals surface area (Å²) in [6.45, 7) is 10.2. The summed E-state index contributed by atoms with van der Waals surface area (Å²) in [6.07, 6.45) is 2.53. The Morgan fingerprint density at radius 1 is 1.29 bits per heavy atom. The molecule has 1 rings (SSSR count).